The normalized spacial score (nSPS) is 19.2. The second kappa shape index (κ2) is 9.52. The number of ether oxygens (including phenoxy) is 1. The molecule has 1 fully saturated rings. The van der Waals surface area contributed by atoms with E-state index in [1.807, 2.05) is 30.3 Å². The van der Waals surface area contributed by atoms with Crippen LogP contribution >= 0.6 is 34.9 Å². The number of hydrogen-bond acceptors (Lipinski definition) is 4. The predicted molar refractivity (Wildman–Crippen MR) is 126 cm³/mol. The molecule has 3 N–H and O–H groups in total. The van der Waals surface area contributed by atoms with E-state index in [2.05, 4.69) is 21.2 Å². The van der Waals surface area contributed by atoms with Crippen LogP contribution in [0.5, 0.6) is 0 Å². The Bertz CT molecular complexity index is 1220. The number of carbonyl (C=O) groups is 1. The predicted octanol–water partition coefficient (Wildman–Crippen LogP) is 5.76. The highest BCUT2D eigenvalue weighted by molar-refractivity contribution is 9.10. The van der Waals surface area contributed by atoms with Crippen molar-refractivity contribution in [3.63, 3.8) is 0 Å². The van der Waals surface area contributed by atoms with Gasteiger partial charge in [0, 0.05) is 20.1 Å². The summed E-state index contributed by atoms with van der Waals surface area (Å²) < 4.78 is 46.1. The molecule has 1 aliphatic carbocycles. The van der Waals surface area contributed by atoms with Crippen molar-refractivity contribution in [3.8, 4) is 0 Å². The fourth-order valence-electron chi connectivity index (χ4n) is 3.85. The second-order valence-electron chi connectivity index (χ2n) is 7.89. The Kier molecular flexibility index (Phi) is 7.05. The molecule has 0 bridgehead atoms. The third kappa shape index (κ3) is 5.06. The Morgan fingerprint density at radius 3 is 2.64 bits per heavy atom. The average molecular weight is 560 g/mol. The summed E-state index contributed by atoms with van der Waals surface area (Å²) in [5.74, 6) is -0.362. The first-order chi connectivity index (χ1) is 15.6. The molecule has 1 heterocycles. The molecule has 2 atom stereocenters. The summed E-state index contributed by atoms with van der Waals surface area (Å²) in [6, 6.07) is 14.0. The van der Waals surface area contributed by atoms with E-state index in [0.29, 0.717) is 28.0 Å². The molecule has 3 aromatic rings. The lowest BCUT2D eigenvalue weighted by atomic mass is 10.1. The summed E-state index contributed by atoms with van der Waals surface area (Å²) in [5.41, 5.74) is -3.02. The Morgan fingerprint density at radius 1 is 1.21 bits per heavy atom. The van der Waals surface area contributed by atoms with Crippen LogP contribution in [0.2, 0.25) is 0 Å². The fraction of sp³-hybridized carbons (Fsp3) is 0.318. The van der Waals surface area contributed by atoms with E-state index in [1.165, 1.54) is 18.2 Å². The third-order valence-electron chi connectivity index (χ3n) is 5.60. The highest BCUT2D eigenvalue weighted by Gasteiger charge is 2.53. The standard InChI is InChI=1S/C22H21BrF2NO5PS/c23-19-15-11-14(9-10-18(15)33-20(19)22(24,25)32(28,29)30)21(27)26-16-7-4-8-17(16)31-12-13-5-2-1-3-6-13/h1-3,5-6,9-11,16-17H,4,7-8,12H2,(H,26,27)(H2,28,29,30)/t16-,17-/m1/s1. The highest BCUT2D eigenvalue weighted by Crippen LogP contribution is 2.62. The molecular formula is C22H21BrF2NO5PS. The number of carbonyl (C=O) groups excluding carboxylic acids is 1. The zero-order valence-electron chi connectivity index (χ0n) is 17.2. The molecule has 33 heavy (non-hydrogen) atoms. The van der Waals surface area contributed by atoms with E-state index in [-0.39, 0.29) is 28.1 Å². The van der Waals surface area contributed by atoms with Crippen molar-refractivity contribution in [3.05, 3.63) is 69.0 Å². The number of fused-ring (bicyclic) bond motifs is 1. The molecular weight excluding hydrogens is 539 g/mol. The van der Waals surface area contributed by atoms with E-state index in [4.69, 9.17) is 14.5 Å². The van der Waals surface area contributed by atoms with Crippen LogP contribution in [0.1, 0.15) is 40.1 Å². The molecule has 0 unspecified atom stereocenters. The summed E-state index contributed by atoms with van der Waals surface area (Å²) in [6.07, 6.45) is 2.39. The van der Waals surface area contributed by atoms with E-state index in [9.17, 15) is 18.1 Å². The molecule has 1 amide bonds. The number of thiophene rings is 1. The second-order valence-corrected chi connectivity index (χ2v) is 11.4. The van der Waals surface area contributed by atoms with Crippen LogP contribution < -0.4 is 5.32 Å². The minimum atomic E-state index is -5.71. The number of benzene rings is 2. The smallest absolute Gasteiger partial charge is 0.371 e. The maximum Gasteiger partial charge on any atom is 0.400 e. The monoisotopic (exact) mass is 559 g/mol. The summed E-state index contributed by atoms with van der Waals surface area (Å²) >= 11 is 3.61. The van der Waals surface area contributed by atoms with Gasteiger partial charge < -0.3 is 19.8 Å². The Hall–Kier alpha value is -1.68. The number of alkyl halides is 2. The van der Waals surface area contributed by atoms with Crippen LogP contribution in [-0.4, -0.2) is 27.8 Å². The first kappa shape index (κ1) is 24.4. The fourth-order valence-corrected chi connectivity index (χ4v) is 6.78. The maximum atomic E-state index is 14.3. The van der Waals surface area contributed by atoms with Crippen molar-refractivity contribution in [1.29, 1.82) is 0 Å². The molecule has 0 saturated heterocycles. The van der Waals surface area contributed by atoms with Crippen LogP contribution in [-0.2, 0) is 21.6 Å². The van der Waals surface area contributed by atoms with Crippen molar-refractivity contribution in [2.75, 3.05) is 0 Å². The van der Waals surface area contributed by atoms with Crippen molar-refractivity contribution in [2.45, 2.75) is 43.7 Å². The SMILES string of the molecule is O=C(N[C@@H]1CCC[C@H]1OCc1ccccc1)c1ccc2sc(C(F)(F)P(=O)(O)O)c(Br)c2c1. The molecule has 6 nitrogen and oxygen atoms in total. The number of rotatable bonds is 7. The van der Waals surface area contributed by atoms with Gasteiger partial charge in [-0.2, -0.15) is 8.78 Å². The van der Waals surface area contributed by atoms with Crippen LogP contribution in [0, 0.1) is 0 Å². The zero-order chi connectivity index (χ0) is 23.8. The van der Waals surface area contributed by atoms with Gasteiger partial charge in [0.2, 0.25) is 0 Å². The van der Waals surface area contributed by atoms with Gasteiger partial charge in [-0.25, -0.2) is 0 Å². The zero-order valence-corrected chi connectivity index (χ0v) is 20.5. The van der Waals surface area contributed by atoms with Crippen LogP contribution in [0.25, 0.3) is 10.1 Å². The molecule has 176 valence electrons. The van der Waals surface area contributed by atoms with Crippen molar-refractivity contribution in [2.24, 2.45) is 0 Å². The molecule has 2 aromatic carbocycles. The Morgan fingerprint density at radius 2 is 1.94 bits per heavy atom. The van der Waals surface area contributed by atoms with Gasteiger partial charge in [-0.1, -0.05) is 30.3 Å². The molecule has 0 spiro atoms. The van der Waals surface area contributed by atoms with Gasteiger partial charge in [-0.3, -0.25) is 9.36 Å². The van der Waals surface area contributed by atoms with Crippen molar-refractivity contribution < 1.29 is 32.7 Å². The minimum Gasteiger partial charge on any atom is -0.371 e. The maximum absolute atomic E-state index is 14.3. The summed E-state index contributed by atoms with van der Waals surface area (Å²) in [7, 11) is -5.71. The lowest BCUT2D eigenvalue weighted by molar-refractivity contribution is 0.0272. The molecule has 0 radical (unpaired) electrons. The molecule has 1 aromatic heterocycles. The van der Waals surface area contributed by atoms with Crippen molar-refractivity contribution >= 4 is 50.9 Å². The third-order valence-corrected chi connectivity index (χ3v) is 9.04. The van der Waals surface area contributed by atoms with Gasteiger partial charge >= 0.3 is 13.3 Å². The number of hydrogen-bond donors (Lipinski definition) is 3. The molecule has 1 aliphatic rings. The number of nitrogens with one attached hydrogen (secondary N) is 1. The van der Waals surface area contributed by atoms with E-state index < -0.39 is 18.1 Å². The topological polar surface area (TPSA) is 95.9 Å². The van der Waals surface area contributed by atoms with E-state index in [1.54, 1.807) is 0 Å². The molecule has 11 heteroatoms. The van der Waals surface area contributed by atoms with Gasteiger partial charge in [0.15, 0.2) is 0 Å². The number of amides is 1. The van der Waals surface area contributed by atoms with Gasteiger partial charge in [0.1, 0.15) is 4.88 Å². The van der Waals surface area contributed by atoms with E-state index in [0.717, 1.165) is 24.8 Å². The Balaban J connectivity index is 1.50. The highest BCUT2D eigenvalue weighted by atomic mass is 79.9. The summed E-state index contributed by atoms with van der Waals surface area (Å²) in [5, 5.41) is 3.27. The average Bonchev–Trinajstić information content (AvgIpc) is 3.36. The molecule has 1 saturated carbocycles. The first-order valence-corrected chi connectivity index (χ1v) is 13.4. The quantitative estimate of drug-likeness (QED) is 0.320. The van der Waals surface area contributed by atoms with Crippen molar-refractivity contribution in [1.82, 2.24) is 5.32 Å². The van der Waals surface area contributed by atoms with E-state index >= 15 is 0 Å². The van der Waals surface area contributed by atoms with Gasteiger partial charge in [-0.15, -0.1) is 11.3 Å². The van der Waals surface area contributed by atoms with Gasteiger partial charge in [0.05, 0.1) is 18.8 Å². The summed E-state index contributed by atoms with van der Waals surface area (Å²) in [6.45, 7) is 0.447. The van der Waals surface area contributed by atoms with Crippen LogP contribution in [0.15, 0.2) is 53.0 Å². The molecule has 4 rings (SSSR count). The Labute approximate surface area is 201 Å². The van der Waals surface area contributed by atoms with Crippen LogP contribution in [0.4, 0.5) is 8.78 Å². The largest absolute Gasteiger partial charge is 0.400 e. The number of halogens is 3. The summed E-state index contributed by atoms with van der Waals surface area (Å²) in [4.78, 5) is 30.2. The van der Waals surface area contributed by atoms with Crippen LogP contribution in [0.3, 0.4) is 0 Å². The van der Waals surface area contributed by atoms with Gasteiger partial charge in [-0.05, 0) is 59.0 Å². The minimum absolute atomic E-state index is 0.126. The lowest BCUT2D eigenvalue weighted by Gasteiger charge is -2.21. The lowest BCUT2D eigenvalue weighted by Crippen LogP contribution is -2.41. The first-order valence-electron chi connectivity index (χ1n) is 10.2. The van der Waals surface area contributed by atoms with Gasteiger partial charge in [0.25, 0.3) is 5.91 Å². The molecule has 0 aliphatic heterocycles.